The van der Waals surface area contributed by atoms with E-state index in [1.54, 1.807) is 26.4 Å². The molecule has 0 fully saturated rings. The van der Waals surface area contributed by atoms with E-state index < -0.39 is 0 Å². The third-order valence-electron chi connectivity index (χ3n) is 4.22. The molecule has 0 aliphatic carbocycles. The van der Waals surface area contributed by atoms with Crippen molar-refractivity contribution in [3.63, 3.8) is 0 Å². The number of methoxy groups -OCH3 is 2. The van der Waals surface area contributed by atoms with Crippen molar-refractivity contribution in [2.45, 2.75) is 13.8 Å². The summed E-state index contributed by atoms with van der Waals surface area (Å²) < 4.78 is 10.7. The lowest BCUT2D eigenvalue weighted by molar-refractivity contribution is 0.405. The van der Waals surface area contributed by atoms with Gasteiger partial charge in [0.15, 0.2) is 0 Å². The van der Waals surface area contributed by atoms with E-state index in [4.69, 9.17) is 26.1 Å². The van der Waals surface area contributed by atoms with E-state index in [1.807, 2.05) is 31.2 Å². The van der Waals surface area contributed by atoms with E-state index in [1.165, 1.54) is 0 Å². The number of rotatable bonds is 7. The molecular formula is C21H23ClN4O2. The number of nitrogens with zero attached hydrogens (tertiary/aromatic N) is 3. The largest absolute Gasteiger partial charge is 0.495 e. The van der Waals surface area contributed by atoms with Crippen LogP contribution in [-0.2, 0) is 0 Å². The van der Waals surface area contributed by atoms with Crippen molar-refractivity contribution in [3.05, 3.63) is 59.2 Å². The van der Waals surface area contributed by atoms with Gasteiger partial charge in [0.25, 0.3) is 0 Å². The molecule has 1 aromatic heterocycles. The Morgan fingerprint density at radius 1 is 1.00 bits per heavy atom. The molecule has 7 heteroatoms. The monoisotopic (exact) mass is 398 g/mol. The maximum absolute atomic E-state index is 6.19. The van der Waals surface area contributed by atoms with Gasteiger partial charge >= 0.3 is 0 Å². The Labute approximate surface area is 170 Å². The average Bonchev–Trinajstić information content (AvgIpc) is 2.70. The molecule has 0 aliphatic heterocycles. The van der Waals surface area contributed by atoms with Gasteiger partial charge in [-0.1, -0.05) is 29.8 Å². The van der Waals surface area contributed by atoms with Gasteiger partial charge in [-0.25, -0.2) is 4.98 Å². The van der Waals surface area contributed by atoms with Gasteiger partial charge in [-0.2, -0.15) is 4.98 Å². The maximum atomic E-state index is 6.19. The highest BCUT2D eigenvalue weighted by atomic mass is 35.5. The highest BCUT2D eigenvalue weighted by Gasteiger charge is 2.14. The first-order valence-corrected chi connectivity index (χ1v) is 9.30. The Hall–Kier alpha value is -2.99. The smallest absolute Gasteiger partial charge is 0.229 e. The molecule has 6 nitrogen and oxygen atoms in total. The van der Waals surface area contributed by atoms with E-state index >= 15 is 0 Å². The topological polar surface area (TPSA) is 59.5 Å². The van der Waals surface area contributed by atoms with Crippen LogP contribution in [0.25, 0.3) is 0 Å². The van der Waals surface area contributed by atoms with Gasteiger partial charge in [0, 0.05) is 36.1 Å². The number of para-hydroxylation sites is 1. The number of hydrogen-bond donors (Lipinski definition) is 1. The molecule has 3 rings (SSSR count). The van der Waals surface area contributed by atoms with Crippen molar-refractivity contribution in [3.8, 4) is 11.5 Å². The Bertz CT molecular complexity index is 951. The molecular weight excluding hydrogens is 376 g/mol. The molecule has 0 saturated carbocycles. The van der Waals surface area contributed by atoms with E-state index in [9.17, 15) is 0 Å². The molecule has 28 heavy (non-hydrogen) atoms. The number of ether oxygens (including phenoxy) is 2. The molecule has 0 amide bonds. The summed E-state index contributed by atoms with van der Waals surface area (Å²) in [6.07, 6.45) is 0. The quantitative estimate of drug-likeness (QED) is 0.578. The minimum absolute atomic E-state index is 0.465. The van der Waals surface area contributed by atoms with Gasteiger partial charge in [-0.15, -0.1) is 0 Å². The zero-order valence-corrected chi connectivity index (χ0v) is 17.1. The number of aromatic nitrogens is 2. The van der Waals surface area contributed by atoms with Crippen LogP contribution in [0, 0.1) is 6.92 Å². The third-order valence-corrected chi connectivity index (χ3v) is 4.52. The van der Waals surface area contributed by atoms with Gasteiger partial charge in [-0.05, 0) is 26.0 Å². The van der Waals surface area contributed by atoms with Crippen LogP contribution in [-0.4, -0.2) is 30.7 Å². The van der Waals surface area contributed by atoms with E-state index in [-0.39, 0.29) is 0 Å². The van der Waals surface area contributed by atoms with Crippen LogP contribution in [0.2, 0.25) is 5.02 Å². The first kappa shape index (κ1) is 19.8. The molecule has 146 valence electrons. The molecule has 0 radical (unpaired) electrons. The lowest BCUT2D eigenvalue weighted by atomic mass is 10.2. The molecule has 0 unspecified atom stereocenters. The number of halogens is 1. The normalized spacial score (nSPS) is 10.5. The zero-order chi connectivity index (χ0) is 20.1. The summed E-state index contributed by atoms with van der Waals surface area (Å²) >= 11 is 6.19. The Morgan fingerprint density at radius 2 is 1.71 bits per heavy atom. The molecule has 3 aromatic rings. The Kier molecular flexibility index (Phi) is 6.21. The predicted molar refractivity (Wildman–Crippen MR) is 114 cm³/mol. The minimum atomic E-state index is 0.465. The van der Waals surface area contributed by atoms with Gasteiger partial charge < -0.3 is 19.7 Å². The molecule has 0 spiro atoms. The first-order chi connectivity index (χ1) is 13.5. The molecule has 0 saturated heterocycles. The van der Waals surface area contributed by atoms with E-state index in [2.05, 4.69) is 34.3 Å². The van der Waals surface area contributed by atoms with Crippen molar-refractivity contribution in [2.75, 3.05) is 31.0 Å². The fourth-order valence-electron chi connectivity index (χ4n) is 2.91. The fourth-order valence-corrected chi connectivity index (χ4v) is 3.14. The second-order valence-corrected chi connectivity index (χ2v) is 6.49. The summed E-state index contributed by atoms with van der Waals surface area (Å²) in [6, 6.07) is 15.6. The van der Waals surface area contributed by atoms with Crippen LogP contribution >= 0.6 is 11.6 Å². The SMILES string of the molecule is CCN(c1ccccc1)c1cc(C)nc(Nc2cc(OC)c(Cl)cc2OC)n1. The third kappa shape index (κ3) is 4.28. The standard InChI is InChI=1S/C21H23ClN4O2/c1-5-26(15-9-7-6-8-10-15)20-11-14(2)23-21(25-20)24-17-13-18(27-3)16(22)12-19(17)28-4/h6-13H,5H2,1-4H3,(H,23,24,25). The van der Waals surface area contributed by atoms with Gasteiger partial charge in [0.05, 0.1) is 24.9 Å². The zero-order valence-electron chi connectivity index (χ0n) is 16.4. The van der Waals surface area contributed by atoms with Gasteiger partial charge in [0.1, 0.15) is 17.3 Å². The highest BCUT2D eigenvalue weighted by Crippen LogP contribution is 2.37. The number of hydrogen-bond acceptors (Lipinski definition) is 6. The van der Waals surface area contributed by atoms with Crippen molar-refractivity contribution in [2.24, 2.45) is 0 Å². The summed E-state index contributed by atoms with van der Waals surface area (Å²) in [4.78, 5) is 11.3. The highest BCUT2D eigenvalue weighted by molar-refractivity contribution is 6.32. The fraction of sp³-hybridized carbons (Fsp3) is 0.238. The minimum Gasteiger partial charge on any atom is -0.495 e. The van der Waals surface area contributed by atoms with Crippen LogP contribution in [0.4, 0.5) is 23.1 Å². The van der Waals surface area contributed by atoms with Crippen LogP contribution in [0.15, 0.2) is 48.5 Å². The second-order valence-electron chi connectivity index (χ2n) is 6.08. The van der Waals surface area contributed by atoms with Crippen molar-refractivity contribution >= 4 is 34.7 Å². The van der Waals surface area contributed by atoms with Crippen molar-refractivity contribution in [1.29, 1.82) is 0 Å². The predicted octanol–water partition coefficient (Wildman–Crippen LogP) is 5.36. The lowest BCUT2D eigenvalue weighted by Crippen LogP contribution is -2.18. The van der Waals surface area contributed by atoms with Crippen LogP contribution in [0.5, 0.6) is 11.5 Å². The number of aryl methyl sites for hydroxylation is 1. The van der Waals surface area contributed by atoms with Crippen molar-refractivity contribution in [1.82, 2.24) is 9.97 Å². The Morgan fingerprint density at radius 3 is 2.36 bits per heavy atom. The summed E-state index contributed by atoms with van der Waals surface area (Å²) in [7, 11) is 3.15. The van der Waals surface area contributed by atoms with E-state index in [0.717, 1.165) is 23.7 Å². The van der Waals surface area contributed by atoms with Gasteiger partial charge in [0.2, 0.25) is 5.95 Å². The summed E-state index contributed by atoms with van der Waals surface area (Å²) in [6.45, 7) is 4.80. The first-order valence-electron chi connectivity index (χ1n) is 8.92. The lowest BCUT2D eigenvalue weighted by Gasteiger charge is -2.23. The summed E-state index contributed by atoms with van der Waals surface area (Å²) in [5, 5.41) is 3.69. The molecule has 1 heterocycles. The second kappa shape index (κ2) is 8.80. The summed E-state index contributed by atoms with van der Waals surface area (Å²) in [5.74, 6) is 2.39. The molecule has 0 atom stereocenters. The number of benzene rings is 2. The Balaban J connectivity index is 1.98. The molecule has 0 bridgehead atoms. The average molecular weight is 399 g/mol. The maximum Gasteiger partial charge on any atom is 0.229 e. The van der Waals surface area contributed by atoms with Crippen LogP contribution in [0.3, 0.4) is 0 Å². The molecule has 1 N–H and O–H groups in total. The number of anilines is 4. The van der Waals surface area contributed by atoms with Crippen molar-refractivity contribution < 1.29 is 9.47 Å². The summed E-state index contributed by atoms with van der Waals surface area (Å²) in [5.41, 5.74) is 2.59. The van der Waals surface area contributed by atoms with Crippen LogP contribution < -0.4 is 19.7 Å². The van der Waals surface area contributed by atoms with Crippen LogP contribution in [0.1, 0.15) is 12.6 Å². The van der Waals surface area contributed by atoms with E-state index in [0.29, 0.717) is 28.2 Å². The van der Waals surface area contributed by atoms with Gasteiger partial charge in [-0.3, -0.25) is 0 Å². The molecule has 0 aliphatic rings. The number of nitrogens with one attached hydrogen (secondary N) is 1. The molecule has 2 aromatic carbocycles.